The highest BCUT2D eigenvalue weighted by molar-refractivity contribution is 5.90. The average Bonchev–Trinajstić information content (AvgIpc) is 2.90. The molecule has 0 amide bonds. The molecule has 1 N–H and O–H groups in total. The van der Waals surface area contributed by atoms with Crippen molar-refractivity contribution in [2.24, 2.45) is 4.99 Å². The van der Waals surface area contributed by atoms with Gasteiger partial charge in [-0.2, -0.15) is 4.98 Å². The summed E-state index contributed by atoms with van der Waals surface area (Å²) in [6, 6.07) is 3.50. The summed E-state index contributed by atoms with van der Waals surface area (Å²) in [6.45, 7) is 0.605. The number of non-ortho nitro benzene ring substituents is 1. The number of rotatable bonds is 3. The molecule has 1 aliphatic heterocycles. The van der Waals surface area contributed by atoms with Crippen LogP contribution < -0.4 is 10.9 Å². The maximum atomic E-state index is 11.1. The van der Waals surface area contributed by atoms with Gasteiger partial charge in [0, 0.05) is 24.2 Å². The zero-order valence-corrected chi connectivity index (χ0v) is 10.6. The predicted molar refractivity (Wildman–Crippen MR) is 70.3 cm³/mol. The number of carbonyl (C=O) groups is 1. The number of carboxylic acid groups (broad SMARTS) is 1. The van der Waals surface area contributed by atoms with E-state index in [0.29, 0.717) is 17.4 Å². The summed E-state index contributed by atoms with van der Waals surface area (Å²) in [4.78, 5) is 29.6. The number of fused-ring (bicyclic) bond motifs is 1. The van der Waals surface area contributed by atoms with Crippen LogP contribution in [0.4, 0.5) is 5.69 Å². The highest BCUT2D eigenvalue weighted by Crippen LogP contribution is 2.24. The molecule has 1 aromatic carbocycles. The number of oxazole rings is 1. The summed E-state index contributed by atoms with van der Waals surface area (Å²) in [5, 5.41) is 19.9. The molecule has 0 fully saturated rings. The lowest BCUT2D eigenvalue weighted by Gasteiger charge is -1.99. The molecule has 2 heterocycles. The molecule has 0 aliphatic carbocycles. The van der Waals surface area contributed by atoms with E-state index in [4.69, 9.17) is 9.52 Å². The fourth-order valence-corrected chi connectivity index (χ4v) is 2.02. The van der Waals surface area contributed by atoms with E-state index in [2.05, 4.69) is 9.98 Å². The van der Waals surface area contributed by atoms with Gasteiger partial charge in [-0.25, -0.2) is 4.79 Å². The Morgan fingerprint density at radius 1 is 1.38 bits per heavy atom. The van der Waals surface area contributed by atoms with E-state index in [1.165, 1.54) is 12.1 Å². The van der Waals surface area contributed by atoms with Crippen molar-refractivity contribution in [2.75, 3.05) is 6.54 Å². The molecule has 1 aliphatic rings. The normalized spacial score (nSPS) is 13.0. The number of hydrogen-bond acceptors (Lipinski definition) is 6. The van der Waals surface area contributed by atoms with Crippen LogP contribution in [0.1, 0.15) is 16.8 Å². The minimum absolute atomic E-state index is 0.119. The van der Waals surface area contributed by atoms with Crippen LogP contribution in [0.2, 0.25) is 0 Å². The van der Waals surface area contributed by atoms with Crippen molar-refractivity contribution in [3.05, 3.63) is 44.8 Å². The molecule has 2 aromatic rings. The van der Waals surface area contributed by atoms with E-state index >= 15 is 0 Å². The summed E-state index contributed by atoms with van der Waals surface area (Å²) < 4.78 is 5.49. The molecule has 8 nitrogen and oxygen atoms in total. The summed E-state index contributed by atoms with van der Waals surface area (Å²) in [6.07, 6.45) is 2.56. The van der Waals surface area contributed by atoms with Crippen molar-refractivity contribution in [1.82, 2.24) is 4.98 Å². The Morgan fingerprint density at radius 3 is 2.86 bits per heavy atom. The third-order valence-corrected chi connectivity index (χ3v) is 2.98. The second kappa shape index (κ2) is 4.82. The minimum Gasteiger partial charge on any atom is -0.478 e. The number of nitro groups is 1. The smallest absolute Gasteiger partial charge is 0.335 e. The van der Waals surface area contributed by atoms with Gasteiger partial charge in [0.05, 0.1) is 10.5 Å². The first-order chi connectivity index (χ1) is 10.0. The van der Waals surface area contributed by atoms with E-state index < -0.39 is 10.9 Å². The van der Waals surface area contributed by atoms with Gasteiger partial charge in [-0.3, -0.25) is 15.1 Å². The quantitative estimate of drug-likeness (QED) is 0.657. The Balaban J connectivity index is 2.20. The highest BCUT2D eigenvalue weighted by Gasteiger charge is 2.17. The monoisotopic (exact) mass is 287 g/mol. The first-order valence-corrected chi connectivity index (χ1v) is 6.09. The molecule has 0 atom stereocenters. The minimum atomic E-state index is -1.26. The number of carboxylic acids is 1. The maximum absolute atomic E-state index is 11.1. The maximum Gasteiger partial charge on any atom is 0.335 e. The van der Waals surface area contributed by atoms with Gasteiger partial charge in [0.1, 0.15) is 0 Å². The van der Waals surface area contributed by atoms with E-state index in [0.717, 1.165) is 12.5 Å². The summed E-state index contributed by atoms with van der Waals surface area (Å²) in [7, 11) is 0. The van der Waals surface area contributed by atoms with Crippen molar-refractivity contribution in [3.63, 3.8) is 0 Å². The van der Waals surface area contributed by atoms with Crippen LogP contribution in [-0.2, 0) is 0 Å². The highest BCUT2D eigenvalue weighted by atomic mass is 16.6. The van der Waals surface area contributed by atoms with Gasteiger partial charge in [0.2, 0.25) is 5.89 Å². The second-order valence-corrected chi connectivity index (χ2v) is 4.41. The lowest BCUT2D eigenvalue weighted by Crippen LogP contribution is -2.25. The van der Waals surface area contributed by atoms with E-state index in [9.17, 15) is 14.9 Å². The van der Waals surface area contributed by atoms with Gasteiger partial charge >= 0.3 is 5.97 Å². The van der Waals surface area contributed by atoms with Crippen LogP contribution >= 0.6 is 0 Å². The molecular weight excluding hydrogens is 278 g/mol. The topological polar surface area (TPSA) is 119 Å². The number of aromatic carboxylic acids is 1. The number of aromatic nitrogens is 1. The Labute approximate surface area is 117 Å². The number of hydrogen-bond donors (Lipinski definition) is 1. The Bertz CT molecular complexity index is 803. The number of benzene rings is 1. The number of nitro benzene ring substituents is 1. The van der Waals surface area contributed by atoms with Crippen molar-refractivity contribution < 1.29 is 19.2 Å². The Morgan fingerprint density at radius 2 is 2.19 bits per heavy atom. The predicted octanol–water partition coefficient (Wildman–Crippen LogP) is 0.752. The van der Waals surface area contributed by atoms with Gasteiger partial charge in [0.15, 0.2) is 10.9 Å². The molecule has 0 saturated carbocycles. The van der Waals surface area contributed by atoms with E-state index in [-0.39, 0.29) is 22.7 Å². The van der Waals surface area contributed by atoms with Gasteiger partial charge in [-0.1, -0.05) is 0 Å². The molecule has 0 saturated heterocycles. The Kier molecular flexibility index (Phi) is 2.98. The molecule has 0 radical (unpaired) electrons. The molecule has 21 heavy (non-hydrogen) atoms. The van der Waals surface area contributed by atoms with Crippen LogP contribution in [0.15, 0.2) is 27.6 Å². The second-order valence-electron chi connectivity index (χ2n) is 4.41. The first-order valence-electron chi connectivity index (χ1n) is 6.09. The fraction of sp³-hybridized carbons (Fsp3) is 0.154. The number of nitrogens with zero attached hydrogens (tertiary/aromatic N) is 3. The standard InChI is InChI=1S/C13H9N3O5/c17-13(18)8-4-7(5-9(6-8)16(19)20)12-15-11-10(21-12)2-1-3-14-11/h2,4-6H,1,3H2,(H,17,18). The third-order valence-electron chi connectivity index (χ3n) is 2.98. The average molecular weight is 287 g/mol. The molecular formula is C13H9N3O5. The lowest BCUT2D eigenvalue weighted by atomic mass is 10.1. The molecule has 8 heteroatoms. The molecule has 1 aromatic heterocycles. The van der Waals surface area contributed by atoms with Crippen molar-refractivity contribution >= 4 is 17.7 Å². The molecule has 0 unspecified atom stereocenters. The summed E-state index contributed by atoms with van der Waals surface area (Å²) in [5.74, 6) is -1.14. The van der Waals surface area contributed by atoms with Gasteiger partial charge < -0.3 is 9.52 Å². The lowest BCUT2D eigenvalue weighted by molar-refractivity contribution is -0.384. The zero-order valence-electron chi connectivity index (χ0n) is 10.6. The molecule has 106 valence electrons. The molecule has 0 spiro atoms. The SMILES string of the molecule is O=C(O)c1cc(-c2nc3c(o2)=CCCN=3)cc([N+](=O)[O-])c1. The van der Waals surface area contributed by atoms with Crippen LogP contribution in [-0.4, -0.2) is 27.5 Å². The van der Waals surface area contributed by atoms with Crippen molar-refractivity contribution in [2.45, 2.75) is 6.42 Å². The zero-order chi connectivity index (χ0) is 15.0. The third kappa shape index (κ3) is 2.38. The van der Waals surface area contributed by atoms with Crippen LogP contribution in [0.25, 0.3) is 17.5 Å². The van der Waals surface area contributed by atoms with Crippen LogP contribution in [0.3, 0.4) is 0 Å². The summed E-state index contributed by atoms with van der Waals surface area (Å²) >= 11 is 0. The van der Waals surface area contributed by atoms with Gasteiger partial charge in [0.25, 0.3) is 5.69 Å². The largest absolute Gasteiger partial charge is 0.478 e. The van der Waals surface area contributed by atoms with Crippen LogP contribution in [0.5, 0.6) is 0 Å². The Hall–Kier alpha value is -3.03. The van der Waals surface area contributed by atoms with E-state index in [1.54, 1.807) is 0 Å². The van der Waals surface area contributed by atoms with E-state index in [1.807, 2.05) is 6.08 Å². The van der Waals surface area contributed by atoms with Crippen molar-refractivity contribution in [1.29, 1.82) is 0 Å². The van der Waals surface area contributed by atoms with Gasteiger partial charge in [-0.05, 0) is 18.6 Å². The molecule has 0 bridgehead atoms. The van der Waals surface area contributed by atoms with Gasteiger partial charge in [-0.15, -0.1) is 0 Å². The first kappa shape index (κ1) is 13.0. The fourth-order valence-electron chi connectivity index (χ4n) is 2.02. The van der Waals surface area contributed by atoms with Crippen molar-refractivity contribution in [3.8, 4) is 11.5 Å². The van der Waals surface area contributed by atoms with Crippen LogP contribution in [0, 0.1) is 10.1 Å². The molecule has 3 rings (SSSR count). The summed E-state index contributed by atoms with van der Waals surface area (Å²) in [5.41, 5.74) is 0.636.